The lowest BCUT2D eigenvalue weighted by molar-refractivity contribution is -0.114. The molecule has 0 radical (unpaired) electrons. The summed E-state index contributed by atoms with van der Waals surface area (Å²) in [6, 6.07) is 36.0. The Morgan fingerprint density at radius 3 is 1.51 bits per heavy atom. The number of carbonyl (C=O) groups excluding carboxylic acids is 1. The van der Waals surface area contributed by atoms with Crippen LogP contribution in [0.3, 0.4) is 0 Å². The molecule has 0 spiro atoms. The van der Waals surface area contributed by atoms with Crippen LogP contribution in [0.2, 0.25) is 0 Å². The van der Waals surface area contributed by atoms with Crippen LogP contribution < -0.4 is 20.1 Å². The first-order valence-corrected chi connectivity index (χ1v) is 12.8. The molecule has 4 aromatic carbocycles. The maximum Gasteiger partial charge on any atom is 0.243 e. The molecule has 5 heteroatoms. The van der Waals surface area contributed by atoms with E-state index < -0.39 is 0 Å². The van der Waals surface area contributed by atoms with Gasteiger partial charge in [0.05, 0.1) is 19.8 Å². The summed E-state index contributed by atoms with van der Waals surface area (Å²) in [6.45, 7) is 1.50. The smallest absolute Gasteiger partial charge is 0.243 e. The third-order valence-corrected chi connectivity index (χ3v) is 5.89. The van der Waals surface area contributed by atoms with Crippen LogP contribution in [0.5, 0.6) is 11.5 Å². The highest BCUT2D eigenvalue weighted by atomic mass is 16.5. The molecule has 0 fully saturated rings. The lowest BCUT2D eigenvalue weighted by Gasteiger charge is -2.10. The molecular weight excluding hydrogens is 460 g/mol. The average Bonchev–Trinajstić information content (AvgIpc) is 2.95. The van der Waals surface area contributed by atoms with Crippen molar-refractivity contribution in [2.24, 2.45) is 0 Å². The van der Waals surface area contributed by atoms with E-state index in [1.807, 2.05) is 60.7 Å². The molecule has 4 aromatic rings. The first kappa shape index (κ1) is 25.8. The van der Waals surface area contributed by atoms with Crippen LogP contribution in [0.1, 0.15) is 24.0 Å². The molecular formula is C32H34N2O3. The van der Waals surface area contributed by atoms with E-state index in [0.29, 0.717) is 13.2 Å². The van der Waals surface area contributed by atoms with E-state index in [1.54, 1.807) is 0 Å². The number of amides is 1. The maximum atomic E-state index is 12.3. The molecule has 0 saturated heterocycles. The van der Waals surface area contributed by atoms with Crippen molar-refractivity contribution in [3.63, 3.8) is 0 Å². The summed E-state index contributed by atoms with van der Waals surface area (Å²) in [6.07, 6.45) is 3.91. The number of hydrogen-bond acceptors (Lipinski definition) is 4. The highest BCUT2D eigenvalue weighted by molar-refractivity contribution is 5.93. The van der Waals surface area contributed by atoms with Crippen molar-refractivity contribution < 1.29 is 14.3 Å². The molecule has 0 aliphatic rings. The fraction of sp³-hybridized carbons (Fsp3) is 0.219. The van der Waals surface area contributed by atoms with Crippen LogP contribution in [-0.4, -0.2) is 25.7 Å². The molecule has 2 N–H and O–H groups in total. The Hall–Kier alpha value is -4.25. The molecule has 0 heterocycles. The van der Waals surface area contributed by atoms with Gasteiger partial charge in [-0.2, -0.15) is 0 Å². The molecule has 1 amide bonds. The van der Waals surface area contributed by atoms with Crippen molar-refractivity contribution in [3.8, 4) is 11.5 Å². The van der Waals surface area contributed by atoms with Gasteiger partial charge in [0.15, 0.2) is 0 Å². The Morgan fingerprint density at radius 2 is 1.03 bits per heavy atom. The molecule has 0 bridgehead atoms. The minimum atomic E-state index is -0.113. The number of carbonyl (C=O) groups is 1. The standard InChI is InChI=1S/C32H34N2O3/c35-32(34-29-17-21-31(22-18-29)37-24-8-14-27-11-5-2-6-12-27)25-33-28-15-19-30(20-16-28)36-23-7-13-26-9-3-1-4-10-26/h1-6,9-12,15-22,33H,7-8,13-14,23-25H2,(H,34,35). The fourth-order valence-electron chi connectivity index (χ4n) is 3.91. The summed E-state index contributed by atoms with van der Waals surface area (Å²) in [7, 11) is 0. The molecule has 190 valence electrons. The van der Waals surface area contributed by atoms with Gasteiger partial charge >= 0.3 is 0 Å². The third kappa shape index (κ3) is 9.37. The van der Waals surface area contributed by atoms with Crippen molar-refractivity contribution in [2.75, 3.05) is 30.4 Å². The minimum Gasteiger partial charge on any atom is -0.494 e. The Labute approximate surface area is 219 Å². The summed E-state index contributed by atoms with van der Waals surface area (Å²) < 4.78 is 11.6. The average molecular weight is 495 g/mol. The predicted octanol–water partition coefficient (Wildman–Crippen LogP) is 6.76. The first-order valence-electron chi connectivity index (χ1n) is 12.8. The van der Waals surface area contributed by atoms with Crippen LogP contribution in [0.4, 0.5) is 11.4 Å². The van der Waals surface area contributed by atoms with Crippen LogP contribution in [-0.2, 0) is 17.6 Å². The number of ether oxygens (including phenoxy) is 2. The van der Waals surface area contributed by atoms with E-state index in [2.05, 4.69) is 59.2 Å². The zero-order valence-electron chi connectivity index (χ0n) is 21.1. The Bertz CT molecular complexity index is 1190. The van der Waals surface area contributed by atoms with Gasteiger partial charge in [0.2, 0.25) is 5.91 Å². The second kappa shape index (κ2) is 14.3. The van der Waals surface area contributed by atoms with Crippen LogP contribution in [0.25, 0.3) is 0 Å². The number of hydrogen-bond donors (Lipinski definition) is 2. The van der Waals surface area contributed by atoms with Crippen molar-refractivity contribution in [3.05, 3.63) is 120 Å². The van der Waals surface area contributed by atoms with Gasteiger partial charge in [-0.25, -0.2) is 0 Å². The second-order valence-corrected chi connectivity index (χ2v) is 8.83. The number of anilines is 2. The van der Waals surface area contributed by atoms with E-state index in [9.17, 15) is 4.79 Å². The van der Waals surface area contributed by atoms with Crippen molar-refractivity contribution in [2.45, 2.75) is 25.7 Å². The molecule has 37 heavy (non-hydrogen) atoms. The molecule has 5 nitrogen and oxygen atoms in total. The van der Waals surface area contributed by atoms with E-state index in [4.69, 9.17) is 9.47 Å². The zero-order chi connectivity index (χ0) is 25.5. The number of aryl methyl sites for hydroxylation is 2. The molecule has 0 unspecified atom stereocenters. The van der Waals surface area contributed by atoms with E-state index >= 15 is 0 Å². The van der Waals surface area contributed by atoms with Crippen LogP contribution in [0, 0.1) is 0 Å². The van der Waals surface area contributed by atoms with E-state index in [-0.39, 0.29) is 12.5 Å². The zero-order valence-corrected chi connectivity index (χ0v) is 21.1. The summed E-state index contributed by atoms with van der Waals surface area (Å²) >= 11 is 0. The van der Waals surface area contributed by atoms with Gasteiger partial charge in [0.1, 0.15) is 11.5 Å². The largest absolute Gasteiger partial charge is 0.494 e. The SMILES string of the molecule is O=C(CNc1ccc(OCCCc2ccccc2)cc1)Nc1ccc(OCCCc2ccccc2)cc1. The topological polar surface area (TPSA) is 59.6 Å². The van der Waals surface area contributed by atoms with Crippen molar-refractivity contribution in [1.29, 1.82) is 0 Å². The Morgan fingerprint density at radius 1 is 0.568 bits per heavy atom. The van der Waals surface area contributed by atoms with E-state index in [0.717, 1.165) is 48.6 Å². The molecule has 0 aliphatic carbocycles. The summed E-state index contributed by atoms with van der Waals surface area (Å²) in [5, 5.41) is 6.05. The molecule has 0 atom stereocenters. The highest BCUT2D eigenvalue weighted by Crippen LogP contribution is 2.18. The summed E-state index contributed by atoms with van der Waals surface area (Å²) in [4.78, 5) is 12.3. The van der Waals surface area contributed by atoms with Crippen LogP contribution >= 0.6 is 0 Å². The van der Waals surface area contributed by atoms with Gasteiger partial charge in [-0.3, -0.25) is 4.79 Å². The summed E-state index contributed by atoms with van der Waals surface area (Å²) in [5.74, 6) is 1.51. The minimum absolute atomic E-state index is 0.113. The van der Waals surface area contributed by atoms with Gasteiger partial charge in [-0.1, -0.05) is 60.7 Å². The number of nitrogens with one attached hydrogen (secondary N) is 2. The lowest BCUT2D eigenvalue weighted by Crippen LogP contribution is -2.21. The quantitative estimate of drug-likeness (QED) is 0.190. The maximum absolute atomic E-state index is 12.3. The molecule has 0 aliphatic heterocycles. The molecule has 0 saturated carbocycles. The first-order chi connectivity index (χ1) is 18.2. The van der Waals surface area contributed by atoms with Gasteiger partial charge in [-0.05, 0) is 85.3 Å². The van der Waals surface area contributed by atoms with Gasteiger partial charge < -0.3 is 20.1 Å². The monoisotopic (exact) mass is 494 g/mol. The lowest BCUT2D eigenvalue weighted by atomic mass is 10.1. The van der Waals surface area contributed by atoms with E-state index in [1.165, 1.54) is 11.1 Å². The fourth-order valence-corrected chi connectivity index (χ4v) is 3.91. The molecule has 4 rings (SSSR count). The van der Waals surface area contributed by atoms with Gasteiger partial charge in [-0.15, -0.1) is 0 Å². The van der Waals surface area contributed by atoms with Crippen molar-refractivity contribution >= 4 is 17.3 Å². The van der Waals surface area contributed by atoms with Gasteiger partial charge in [0, 0.05) is 11.4 Å². The number of rotatable bonds is 14. The number of benzene rings is 4. The third-order valence-electron chi connectivity index (χ3n) is 5.89. The van der Waals surface area contributed by atoms with Gasteiger partial charge in [0.25, 0.3) is 0 Å². The van der Waals surface area contributed by atoms with Crippen molar-refractivity contribution in [1.82, 2.24) is 0 Å². The molecule has 0 aromatic heterocycles. The van der Waals surface area contributed by atoms with Crippen LogP contribution in [0.15, 0.2) is 109 Å². The Kier molecular flexibility index (Phi) is 10.0. The predicted molar refractivity (Wildman–Crippen MR) is 151 cm³/mol. The Balaban J connectivity index is 1.10. The summed E-state index contributed by atoms with van der Waals surface area (Å²) in [5.41, 5.74) is 4.24. The second-order valence-electron chi connectivity index (χ2n) is 8.83. The highest BCUT2D eigenvalue weighted by Gasteiger charge is 2.04. The normalized spacial score (nSPS) is 10.5.